The molecule has 0 saturated heterocycles. The maximum atomic E-state index is 13.1. The Bertz CT molecular complexity index is 1230. The summed E-state index contributed by atoms with van der Waals surface area (Å²) < 4.78 is 7.86. The van der Waals surface area contributed by atoms with E-state index in [0.717, 1.165) is 47.4 Å². The summed E-state index contributed by atoms with van der Waals surface area (Å²) in [6.07, 6.45) is 9.10. The molecular weight excluding hydrogens is 372 g/mol. The predicted octanol–water partition coefficient (Wildman–Crippen LogP) is 5.33. The van der Waals surface area contributed by atoms with Crippen LogP contribution in [0, 0.1) is 0 Å². The zero-order valence-corrected chi connectivity index (χ0v) is 16.6. The number of carbonyl (C=O) groups excluding carboxylic acids is 1. The van der Waals surface area contributed by atoms with Crippen LogP contribution in [-0.4, -0.2) is 21.9 Å². The smallest absolute Gasteiger partial charge is 0.189 e. The van der Waals surface area contributed by atoms with E-state index in [2.05, 4.69) is 35.3 Å². The highest BCUT2D eigenvalue weighted by Crippen LogP contribution is 2.31. The normalized spacial score (nSPS) is 14.8. The van der Waals surface area contributed by atoms with Gasteiger partial charge in [0.2, 0.25) is 0 Å². The minimum atomic E-state index is 0.120. The summed E-state index contributed by atoms with van der Waals surface area (Å²) >= 11 is 0. The Kier molecular flexibility index (Phi) is 4.89. The van der Waals surface area contributed by atoms with Crippen molar-refractivity contribution in [1.82, 2.24) is 9.55 Å². The number of nitrogens with zero attached hydrogens (tertiary/aromatic N) is 2. The molecule has 148 valence electrons. The number of imidazole rings is 1. The molecule has 0 atom stereocenters. The number of ether oxygens (including phenoxy) is 1. The van der Waals surface area contributed by atoms with Crippen molar-refractivity contribution in [3.63, 3.8) is 0 Å². The number of aromatic nitrogens is 2. The fourth-order valence-electron chi connectivity index (χ4n) is 4.03. The van der Waals surface area contributed by atoms with E-state index in [0.29, 0.717) is 6.61 Å². The number of Topliss-reactive ketones (excluding diaryl/α,β-unsaturated/α-hetero) is 1. The first-order chi connectivity index (χ1) is 14.8. The van der Waals surface area contributed by atoms with Crippen LogP contribution in [0.1, 0.15) is 27.9 Å². The van der Waals surface area contributed by atoms with Crippen LogP contribution in [0.3, 0.4) is 0 Å². The van der Waals surface area contributed by atoms with Gasteiger partial charge < -0.3 is 9.30 Å². The Morgan fingerprint density at radius 2 is 1.93 bits per heavy atom. The molecule has 0 saturated carbocycles. The Morgan fingerprint density at radius 3 is 2.83 bits per heavy atom. The molecule has 0 fully saturated rings. The molecule has 0 aliphatic heterocycles. The number of carbonyl (C=O) groups is 1. The average Bonchev–Trinajstić information content (AvgIpc) is 3.29. The van der Waals surface area contributed by atoms with Gasteiger partial charge in [0.15, 0.2) is 5.78 Å². The lowest BCUT2D eigenvalue weighted by Crippen LogP contribution is -2.14. The molecule has 0 radical (unpaired) electrons. The van der Waals surface area contributed by atoms with Gasteiger partial charge in [-0.1, -0.05) is 42.5 Å². The second-order valence-corrected chi connectivity index (χ2v) is 7.54. The van der Waals surface area contributed by atoms with E-state index in [1.807, 2.05) is 47.2 Å². The van der Waals surface area contributed by atoms with Crippen molar-refractivity contribution >= 4 is 22.6 Å². The monoisotopic (exact) mass is 394 g/mol. The third kappa shape index (κ3) is 3.64. The van der Waals surface area contributed by atoms with Crippen LogP contribution >= 0.6 is 0 Å². The zero-order chi connectivity index (χ0) is 20.3. The highest BCUT2D eigenvalue weighted by atomic mass is 16.5. The third-order valence-electron chi connectivity index (χ3n) is 5.61. The lowest BCUT2D eigenvalue weighted by molar-refractivity contribution is 0.102. The summed E-state index contributed by atoms with van der Waals surface area (Å²) in [5.41, 5.74) is 3.82. The van der Waals surface area contributed by atoms with Crippen LogP contribution in [0.5, 0.6) is 5.75 Å². The lowest BCUT2D eigenvalue weighted by atomic mass is 9.85. The molecule has 1 aliphatic rings. The molecule has 0 N–H and O–H groups in total. The molecule has 3 aromatic carbocycles. The maximum Gasteiger partial charge on any atom is 0.189 e. The summed E-state index contributed by atoms with van der Waals surface area (Å²) in [4.78, 5) is 17.2. The van der Waals surface area contributed by atoms with Gasteiger partial charge in [-0.3, -0.25) is 4.79 Å². The SMILES string of the molecule is O=C1/C(=C\c2cccc3ccccc23)CCc2cc(OCCn3ccnc3)ccc21. The summed E-state index contributed by atoms with van der Waals surface area (Å²) in [7, 11) is 0. The quantitative estimate of drug-likeness (QED) is 0.430. The molecular formula is C26H22N2O2. The van der Waals surface area contributed by atoms with Crippen LogP contribution < -0.4 is 4.74 Å². The molecule has 1 heterocycles. The first-order valence-corrected chi connectivity index (χ1v) is 10.2. The number of hydrogen-bond acceptors (Lipinski definition) is 3. The maximum absolute atomic E-state index is 13.1. The van der Waals surface area contributed by atoms with Crippen molar-refractivity contribution in [2.75, 3.05) is 6.61 Å². The topological polar surface area (TPSA) is 44.1 Å². The van der Waals surface area contributed by atoms with Gasteiger partial charge in [0, 0.05) is 23.5 Å². The van der Waals surface area contributed by atoms with E-state index in [1.165, 1.54) is 10.8 Å². The highest BCUT2D eigenvalue weighted by molar-refractivity contribution is 6.14. The van der Waals surface area contributed by atoms with E-state index in [9.17, 15) is 4.79 Å². The fourth-order valence-corrected chi connectivity index (χ4v) is 4.03. The van der Waals surface area contributed by atoms with Crippen molar-refractivity contribution in [3.05, 3.63) is 102 Å². The van der Waals surface area contributed by atoms with Gasteiger partial charge in [-0.15, -0.1) is 0 Å². The van der Waals surface area contributed by atoms with E-state index >= 15 is 0 Å². The molecule has 0 spiro atoms. The summed E-state index contributed by atoms with van der Waals surface area (Å²) in [6, 6.07) is 20.3. The van der Waals surface area contributed by atoms with E-state index in [4.69, 9.17) is 4.74 Å². The standard InChI is InChI=1S/C26H22N2O2/c29-26-22(16-20-6-3-5-19-4-1-2-7-24(19)20)9-8-21-17-23(10-11-25(21)26)30-15-14-28-13-12-27-18-28/h1-7,10-13,16-18H,8-9,14-15H2/b22-16-. The molecule has 4 aromatic rings. The molecule has 0 amide bonds. The molecule has 4 heteroatoms. The van der Waals surface area contributed by atoms with Gasteiger partial charge in [0.25, 0.3) is 0 Å². The van der Waals surface area contributed by atoms with Crippen LogP contribution in [0.25, 0.3) is 16.8 Å². The lowest BCUT2D eigenvalue weighted by Gasteiger charge is -2.19. The van der Waals surface area contributed by atoms with Crippen LogP contribution in [0.4, 0.5) is 0 Å². The van der Waals surface area contributed by atoms with Crippen LogP contribution in [-0.2, 0) is 13.0 Å². The van der Waals surface area contributed by atoms with Crippen molar-refractivity contribution in [1.29, 1.82) is 0 Å². The highest BCUT2D eigenvalue weighted by Gasteiger charge is 2.22. The molecule has 1 aliphatic carbocycles. The number of fused-ring (bicyclic) bond motifs is 2. The van der Waals surface area contributed by atoms with Crippen molar-refractivity contribution in [2.24, 2.45) is 0 Å². The minimum Gasteiger partial charge on any atom is -0.492 e. The predicted molar refractivity (Wildman–Crippen MR) is 119 cm³/mol. The van der Waals surface area contributed by atoms with E-state index < -0.39 is 0 Å². The molecule has 5 rings (SSSR count). The van der Waals surface area contributed by atoms with Crippen LogP contribution in [0.15, 0.2) is 85.0 Å². The summed E-state index contributed by atoms with van der Waals surface area (Å²) in [5.74, 6) is 0.928. The number of allylic oxidation sites excluding steroid dienone is 1. The van der Waals surface area contributed by atoms with E-state index in [1.54, 1.807) is 12.5 Å². The third-order valence-corrected chi connectivity index (χ3v) is 5.61. The average molecular weight is 394 g/mol. The van der Waals surface area contributed by atoms with Crippen molar-refractivity contribution in [3.8, 4) is 5.75 Å². The Hall–Kier alpha value is -3.66. The van der Waals surface area contributed by atoms with Gasteiger partial charge >= 0.3 is 0 Å². The number of aryl methyl sites for hydroxylation is 1. The first kappa shape index (κ1) is 18.4. The summed E-state index contributed by atoms with van der Waals surface area (Å²) in [5, 5.41) is 2.36. The molecule has 1 aromatic heterocycles. The Morgan fingerprint density at radius 1 is 1.03 bits per heavy atom. The number of benzene rings is 3. The number of rotatable bonds is 5. The molecule has 0 unspecified atom stereocenters. The van der Waals surface area contributed by atoms with E-state index in [-0.39, 0.29) is 5.78 Å². The minimum absolute atomic E-state index is 0.120. The van der Waals surface area contributed by atoms with Gasteiger partial charge in [-0.05, 0) is 59.0 Å². The second-order valence-electron chi connectivity index (χ2n) is 7.54. The zero-order valence-electron chi connectivity index (χ0n) is 16.6. The largest absolute Gasteiger partial charge is 0.492 e. The fraction of sp³-hybridized carbons (Fsp3) is 0.154. The Balaban J connectivity index is 1.35. The van der Waals surface area contributed by atoms with Crippen molar-refractivity contribution in [2.45, 2.75) is 19.4 Å². The molecule has 30 heavy (non-hydrogen) atoms. The van der Waals surface area contributed by atoms with Gasteiger partial charge in [0.1, 0.15) is 12.4 Å². The van der Waals surface area contributed by atoms with Crippen LogP contribution in [0.2, 0.25) is 0 Å². The van der Waals surface area contributed by atoms with Gasteiger partial charge in [0.05, 0.1) is 12.9 Å². The first-order valence-electron chi connectivity index (χ1n) is 10.2. The number of hydrogen-bond donors (Lipinski definition) is 0. The van der Waals surface area contributed by atoms with Crippen molar-refractivity contribution < 1.29 is 9.53 Å². The number of ketones is 1. The molecule has 4 nitrogen and oxygen atoms in total. The Labute approximate surface area is 175 Å². The van der Waals surface area contributed by atoms with Gasteiger partial charge in [-0.2, -0.15) is 0 Å². The second kappa shape index (κ2) is 7.99. The molecule has 0 bridgehead atoms. The van der Waals surface area contributed by atoms with Gasteiger partial charge in [-0.25, -0.2) is 4.98 Å². The summed E-state index contributed by atoms with van der Waals surface area (Å²) in [6.45, 7) is 1.31.